The van der Waals surface area contributed by atoms with Gasteiger partial charge in [-0.15, -0.1) is 0 Å². The van der Waals surface area contributed by atoms with Crippen molar-refractivity contribution in [1.82, 2.24) is 15.5 Å². The summed E-state index contributed by atoms with van der Waals surface area (Å²) in [7, 11) is -1.94. The van der Waals surface area contributed by atoms with E-state index in [0.717, 1.165) is 19.3 Å². The smallest absolute Gasteiger partial charge is 0.426 e. The van der Waals surface area contributed by atoms with Crippen molar-refractivity contribution in [3.05, 3.63) is 35.9 Å². The lowest BCUT2D eigenvalue weighted by molar-refractivity contribution is -0.139. The number of carbonyl (C=O) groups is 2. The van der Waals surface area contributed by atoms with Gasteiger partial charge in [0, 0.05) is 6.54 Å². The maximum Gasteiger partial charge on any atom is 0.475 e. The summed E-state index contributed by atoms with van der Waals surface area (Å²) in [5.41, 5.74) is 0.699. The lowest BCUT2D eigenvalue weighted by Gasteiger charge is -2.29. The van der Waals surface area contributed by atoms with Gasteiger partial charge in [0.2, 0.25) is 11.8 Å². The summed E-state index contributed by atoms with van der Waals surface area (Å²) >= 11 is 0. The number of nitriles is 1. The van der Waals surface area contributed by atoms with Crippen LogP contribution in [0.2, 0.25) is 0 Å². The molecule has 0 bridgehead atoms. The molecular formula is C27H38BF3N4O5. The first-order valence-electron chi connectivity index (χ1n) is 13.8. The molecule has 2 aliphatic rings. The largest absolute Gasteiger partial charge is 0.475 e. The van der Waals surface area contributed by atoms with Gasteiger partial charge in [-0.1, -0.05) is 50.1 Å². The van der Waals surface area contributed by atoms with Crippen LogP contribution in [0.5, 0.6) is 0 Å². The van der Waals surface area contributed by atoms with Crippen LogP contribution in [-0.4, -0.2) is 84.4 Å². The van der Waals surface area contributed by atoms with Gasteiger partial charge in [0.15, 0.2) is 0 Å². The fourth-order valence-corrected chi connectivity index (χ4v) is 5.09. The van der Waals surface area contributed by atoms with Crippen LogP contribution < -0.4 is 10.6 Å². The average Bonchev–Trinajstić information content (AvgIpc) is 3.58. The van der Waals surface area contributed by atoms with E-state index in [0.29, 0.717) is 30.9 Å². The number of alkyl halides is 3. The minimum absolute atomic E-state index is 0.00551. The van der Waals surface area contributed by atoms with Crippen LogP contribution in [-0.2, 0) is 20.7 Å². The third kappa shape index (κ3) is 10.1. The van der Waals surface area contributed by atoms with Gasteiger partial charge in [0.05, 0.1) is 37.8 Å². The minimum atomic E-state index is -4.59. The zero-order valence-electron chi connectivity index (χ0n) is 22.6. The molecule has 0 radical (unpaired) electrons. The number of rotatable bonds is 15. The zero-order valence-corrected chi connectivity index (χ0v) is 22.6. The number of carbonyl (C=O) groups excluding carboxylic acids is 2. The minimum Gasteiger partial charge on any atom is -0.426 e. The number of hydrogen-bond acceptors (Lipinski definition) is 7. The fraction of sp³-hybridized carbons (Fsp3) is 0.667. The Morgan fingerprint density at radius 3 is 2.52 bits per heavy atom. The first kappa shape index (κ1) is 31.9. The standard InChI is InChI=1S/C27H38BF3N4O5/c1-18(12-20-9-10-20)22(14-32)26(37)35-11-5-8-21(35)15-40-16-23(33-17-27(29,30)31)25(36)34-24(28(38)39)13-19-6-3-2-4-7-19/h2-4,6-7,18,20-24,33,38-39H,5,8-13,15-17H2,1H3,(H,34,36)/t18?,21-,22?,23+,24+/m1/s1. The van der Waals surface area contributed by atoms with Crippen molar-refractivity contribution in [2.24, 2.45) is 17.8 Å². The van der Waals surface area contributed by atoms with E-state index in [1.54, 1.807) is 35.2 Å². The molecule has 2 unspecified atom stereocenters. The maximum absolute atomic E-state index is 13.2. The van der Waals surface area contributed by atoms with Crippen LogP contribution in [0.25, 0.3) is 0 Å². The zero-order chi connectivity index (χ0) is 29.3. The lowest BCUT2D eigenvalue weighted by atomic mass is 9.76. The van der Waals surface area contributed by atoms with E-state index in [2.05, 4.69) is 16.7 Å². The summed E-state index contributed by atoms with van der Waals surface area (Å²) in [6.07, 6.45) is -0.138. The Balaban J connectivity index is 1.59. The second-order valence-electron chi connectivity index (χ2n) is 10.9. The highest BCUT2D eigenvalue weighted by molar-refractivity contribution is 6.43. The highest BCUT2D eigenvalue weighted by atomic mass is 19.4. The molecule has 2 fully saturated rings. The monoisotopic (exact) mass is 566 g/mol. The van der Waals surface area contributed by atoms with Crippen LogP contribution >= 0.6 is 0 Å². The number of halogens is 3. The molecule has 0 aromatic heterocycles. The van der Waals surface area contributed by atoms with E-state index >= 15 is 0 Å². The molecule has 0 spiro atoms. The summed E-state index contributed by atoms with van der Waals surface area (Å²) in [4.78, 5) is 27.7. The Hall–Kier alpha value is -2.66. The number of likely N-dealkylation sites (tertiary alicyclic amines) is 1. The molecule has 220 valence electrons. The Morgan fingerprint density at radius 1 is 1.23 bits per heavy atom. The van der Waals surface area contributed by atoms with Crippen molar-refractivity contribution in [3.8, 4) is 6.07 Å². The number of ether oxygens (including phenoxy) is 1. The first-order valence-corrected chi connectivity index (χ1v) is 13.8. The highest BCUT2D eigenvalue weighted by Gasteiger charge is 2.38. The van der Waals surface area contributed by atoms with Crippen LogP contribution in [0.3, 0.4) is 0 Å². The molecule has 9 nitrogen and oxygen atoms in total. The normalized spacial score (nSPS) is 20.3. The number of hydrogen-bond donors (Lipinski definition) is 4. The van der Waals surface area contributed by atoms with Gasteiger partial charge in [0.1, 0.15) is 12.0 Å². The Bertz CT molecular complexity index is 1010. The number of nitrogens with one attached hydrogen (secondary N) is 2. The Morgan fingerprint density at radius 2 is 1.93 bits per heavy atom. The molecule has 1 saturated carbocycles. The van der Waals surface area contributed by atoms with E-state index in [4.69, 9.17) is 4.74 Å². The lowest BCUT2D eigenvalue weighted by Crippen LogP contribution is -2.56. The van der Waals surface area contributed by atoms with Gasteiger partial charge in [-0.3, -0.25) is 14.9 Å². The molecule has 1 aromatic carbocycles. The number of amides is 2. The summed E-state index contributed by atoms with van der Waals surface area (Å²) < 4.78 is 44.5. The third-order valence-corrected chi connectivity index (χ3v) is 7.48. The van der Waals surface area contributed by atoms with Crippen LogP contribution in [0.1, 0.15) is 44.6 Å². The molecule has 13 heteroatoms. The van der Waals surface area contributed by atoms with Gasteiger partial charge < -0.3 is 25.0 Å². The number of benzene rings is 1. The Kier molecular flexibility index (Phi) is 11.8. The summed E-state index contributed by atoms with van der Waals surface area (Å²) in [5, 5.41) is 33.8. The molecule has 1 aromatic rings. The molecule has 1 saturated heterocycles. The predicted octanol–water partition coefficient (Wildman–Crippen LogP) is 1.83. The molecule has 40 heavy (non-hydrogen) atoms. The van der Waals surface area contributed by atoms with E-state index in [9.17, 15) is 38.1 Å². The second-order valence-corrected chi connectivity index (χ2v) is 10.9. The summed E-state index contributed by atoms with van der Waals surface area (Å²) in [6.45, 7) is 0.493. The van der Waals surface area contributed by atoms with E-state index in [-0.39, 0.29) is 30.9 Å². The highest BCUT2D eigenvalue weighted by Crippen LogP contribution is 2.38. The summed E-state index contributed by atoms with van der Waals surface area (Å²) in [5.74, 6) is -2.56. The van der Waals surface area contributed by atoms with Gasteiger partial charge in [-0.05, 0) is 43.1 Å². The predicted molar refractivity (Wildman–Crippen MR) is 141 cm³/mol. The van der Waals surface area contributed by atoms with Crippen molar-refractivity contribution in [3.63, 3.8) is 0 Å². The van der Waals surface area contributed by atoms with Gasteiger partial charge in [-0.2, -0.15) is 18.4 Å². The molecule has 5 atom stereocenters. The average molecular weight is 566 g/mol. The van der Waals surface area contributed by atoms with Crippen molar-refractivity contribution in [2.75, 3.05) is 26.3 Å². The quantitative estimate of drug-likeness (QED) is 0.238. The molecule has 1 aliphatic heterocycles. The Labute approximate surface area is 233 Å². The van der Waals surface area contributed by atoms with Crippen molar-refractivity contribution >= 4 is 18.9 Å². The maximum atomic E-state index is 13.2. The SMILES string of the molecule is CC(CC1CC1)C(C#N)C(=O)N1CCC[C@@H]1COC[C@H](NCC(F)(F)F)C(=O)N[C@@H](Cc1ccccc1)B(O)O. The van der Waals surface area contributed by atoms with Gasteiger partial charge >= 0.3 is 13.3 Å². The van der Waals surface area contributed by atoms with E-state index < -0.39 is 50.3 Å². The van der Waals surface area contributed by atoms with Crippen molar-refractivity contribution in [1.29, 1.82) is 5.26 Å². The van der Waals surface area contributed by atoms with Gasteiger partial charge in [0.25, 0.3) is 0 Å². The molecule has 2 amide bonds. The summed E-state index contributed by atoms with van der Waals surface area (Å²) in [6, 6.07) is 9.07. The molecule has 4 N–H and O–H groups in total. The van der Waals surface area contributed by atoms with E-state index in [1.165, 1.54) is 0 Å². The van der Waals surface area contributed by atoms with Crippen LogP contribution in [0, 0.1) is 29.1 Å². The van der Waals surface area contributed by atoms with Crippen molar-refractivity contribution < 1.29 is 37.5 Å². The van der Waals surface area contributed by atoms with E-state index in [1.807, 2.05) is 6.92 Å². The van der Waals surface area contributed by atoms with Crippen LogP contribution in [0.15, 0.2) is 30.3 Å². The molecular weight excluding hydrogens is 528 g/mol. The molecule has 1 aliphatic carbocycles. The first-order chi connectivity index (χ1) is 19.0. The topological polar surface area (TPSA) is 135 Å². The van der Waals surface area contributed by atoms with Crippen molar-refractivity contribution in [2.45, 2.75) is 69.6 Å². The van der Waals surface area contributed by atoms with Gasteiger partial charge in [-0.25, -0.2) is 0 Å². The fourth-order valence-electron chi connectivity index (χ4n) is 5.09. The second kappa shape index (κ2) is 14.8. The third-order valence-electron chi connectivity index (χ3n) is 7.48. The molecule has 1 heterocycles. The molecule has 3 rings (SSSR count). The number of nitrogens with zero attached hydrogens (tertiary/aromatic N) is 2. The van der Waals surface area contributed by atoms with Crippen LogP contribution in [0.4, 0.5) is 13.2 Å².